The van der Waals surface area contributed by atoms with E-state index in [1.54, 1.807) is 0 Å². The van der Waals surface area contributed by atoms with Crippen molar-refractivity contribution < 1.29 is 60.9 Å². The molecule has 6 nitrogen and oxygen atoms in total. The van der Waals surface area contributed by atoms with Gasteiger partial charge in [0.25, 0.3) is 0 Å². The molecule has 11 atom stereocenters. The predicted octanol–water partition coefficient (Wildman–Crippen LogP) is 0.0161. The number of hydrogen-bond donors (Lipinski definition) is 4. The summed E-state index contributed by atoms with van der Waals surface area (Å²) in [6.45, 7) is 6.68. The first kappa shape index (κ1) is 27.9. The maximum Gasteiger partial charge on any atom is 1.00 e. The van der Waals surface area contributed by atoms with E-state index in [9.17, 15) is 20.1 Å². The van der Waals surface area contributed by atoms with Crippen LogP contribution < -0.4 is 29.6 Å². The number of carbonyl (C=O) groups is 1. The number of ether oxygens (including phenoxy) is 1. The number of aliphatic hydroxyl groups is 4. The molecular weight excluding hydrogens is 431 g/mol. The molecule has 4 fully saturated rings. The van der Waals surface area contributed by atoms with Gasteiger partial charge in [0.15, 0.2) is 0 Å². The Bertz CT molecular complexity index is 696. The zero-order valence-electron chi connectivity index (χ0n) is 22.1. The molecule has 0 saturated heterocycles. The third kappa shape index (κ3) is 4.84. The van der Waals surface area contributed by atoms with E-state index in [-0.39, 0.29) is 85.0 Å². The zero-order chi connectivity index (χ0) is 23.3. The Morgan fingerprint density at radius 3 is 2.52 bits per heavy atom. The fraction of sp³-hybridized carbons (Fsp3) is 0.962. The SMILES string of the molecule is C[C@H](CCC(=O)OCCO)[C@H]1CC[C@H]2[C@@H]3[C@H](O)C[C@@H]4C[C@H](O)CC[C@]4(C)[C@H]3C[C@H](O)[C@]12C.[H-].[Na+]. The second-order valence-corrected chi connectivity index (χ2v) is 12.0. The van der Waals surface area contributed by atoms with Crippen LogP contribution in [-0.2, 0) is 9.53 Å². The second-order valence-electron chi connectivity index (χ2n) is 12.0. The van der Waals surface area contributed by atoms with Gasteiger partial charge in [-0.05, 0) is 97.7 Å². The van der Waals surface area contributed by atoms with Crippen LogP contribution in [0.1, 0.15) is 80.0 Å². The van der Waals surface area contributed by atoms with E-state index in [2.05, 4.69) is 20.8 Å². The third-order valence-electron chi connectivity index (χ3n) is 10.7. The van der Waals surface area contributed by atoms with Gasteiger partial charge in [0, 0.05) is 6.42 Å². The third-order valence-corrected chi connectivity index (χ3v) is 10.7. The summed E-state index contributed by atoms with van der Waals surface area (Å²) in [7, 11) is 0. The minimum atomic E-state index is -0.403. The van der Waals surface area contributed by atoms with E-state index in [4.69, 9.17) is 9.84 Å². The Hall–Kier alpha value is 0.310. The fourth-order valence-corrected chi connectivity index (χ4v) is 8.91. The molecule has 4 aliphatic carbocycles. The van der Waals surface area contributed by atoms with Crippen LogP contribution >= 0.6 is 0 Å². The second kappa shape index (κ2) is 10.7. The van der Waals surface area contributed by atoms with Crippen LogP contribution in [0.3, 0.4) is 0 Å². The number of carbonyl (C=O) groups excluding carboxylic acids is 1. The maximum atomic E-state index is 11.9. The van der Waals surface area contributed by atoms with Gasteiger partial charge in [0.1, 0.15) is 6.61 Å². The van der Waals surface area contributed by atoms with Crippen molar-refractivity contribution in [2.75, 3.05) is 13.2 Å². The zero-order valence-corrected chi connectivity index (χ0v) is 23.1. The minimum Gasteiger partial charge on any atom is -1.00 e. The monoisotopic (exact) mass is 476 g/mol. The van der Waals surface area contributed by atoms with Gasteiger partial charge in [-0.15, -0.1) is 0 Å². The van der Waals surface area contributed by atoms with Crippen molar-refractivity contribution in [2.45, 2.75) is 96.9 Å². The summed E-state index contributed by atoms with van der Waals surface area (Å²) < 4.78 is 5.02. The Kier molecular flexibility index (Phi) is 9.08. The summed E-state index contributed by atoms with van der Waals surface area (Å²) >= 11 is 0. The number of hydrogen-bond acceptors (Lipinski definition) is 6. The molecule has 0 aromatic rings. The molecule has 0 bridgehead atoms. The molecule has 0 unspecified atom stereocenters. The van der Waals surface area contributed by atoms with Gasteiger partial charge in [0.2, 0.25) is 0 Å². The van der Waals surface area contributed by atoms with Crippen molar-refractivity contribution in [3.05, 3.63) is 0 Å². The first-order chi connectivity index (χ1) is 15.1. The first-order valence-corrected chi connectivity index (χ1v) is 12.9. The molecule has 186 valence electrons. The molecule has 33 heavy (non-hydrogen) atoms. The molecule has 7 heteroatoms. The maximum absolute atomic E-state index is 11.9. The first-order valence-electron chi connectivity index (χ1n) is 12.9. The fourth-order valence-electron chi connectivity index (χ4n) is 8.91. The van der Waals surface area contributed by atoms with E-state index >= 15 is 0 Å². The number of esters is 1. The Morgan fingerprint density at radius 1 is 1.09 bits per heavy atom. The van der Waals surface area contributed by atoms with Crippen molar-refractivity contribution in [1.82, 2.24) is 0 Å². The van der Waals surface area contributed by atoms with Gasteiger partial charge in [0.05, 0.1) is 24.9 Å². The van der Waals surface area contributed by atoms with Crippen molar-refractivity contribution in [1.29, 1.82) is 0 Å². The summed E-state index contributed by atoms with van der Waals surface area (Å²) in [5.41, 5.74) is -0.153. The largest absolute Gasteiger partial charge is 1.00 e. The Labute approximate surface area is 222 Å². The summed E-state index contributed by atoms with van der Waals surface area (Å²) in [6.07, 6.45) is 6.20. The van der Waals surface area contributed by atoms with Gasteiger partial charge in [-0.3, -0.25) is 4.79 Å². The average molecular weight is 477 g/mol. The van der Waals surface area contributed by atoms with Crippen molar-refractivity contribution in [2.24, 2.45) is 46.3 Å². The van der Waals surface area contributed by atoms with Crippen LogP contribution in [0.5, 0.6) is 0 Å². The van der Waals surface area contributed by atoms with Crippen LogP contribution in [0, 0.1) is 46.3 Å². The molecule has 4 aliphatic rings. The smallest absolute Gasteiger partial charge is 1.00 e. The summed E-state index contributed by atoms with van der Waals surface area (Å²) in [6, 6.07) is 0. The van der Waals surface area contributed by atoms with E-state index in [1.807, 2.05) is 0 Å². The molecule has 4 N–H and O–H groups in total. The van der Waals surface area contributed by atoms with Crippen LogP contribution in [0.4, 0.5) is 0 Å². The van der Waals surface area contributed by atoms with E-state index in [0.29, 0.717) is 30.1 Å². The predicted molar refractivity (Wildman–Crippen MR) is 122 cm³/mol. The van der Waals surface area contributed by atoms with Crippen LogP contribution in [0.2, 0.25) is 0 Å². The molecule has 4 rings (SSSR count). The molecule has 0 spiro atoms. The molecule has 0 radical (unpaired) electrons. The number of rotatable bonds is 6. The summed E-state index contributed by atoms with van der Waals surface area (Å²) in [5, 5.41) is 42.0. The van der Waals surface area contributed by atoms with Crippen molar-refractivity contribution in [3.63, 3.8) is 0 Å². The van der Waals surface area contributed by atoms with Gasteiger partial charge in [-0.25, -0.2) is 0 Å². The van der Waals surface area contributed by atoms with Crippen LogP contribution in [0.15, 0.2) is 0 Å². The summed E-state index contributed by atoms with van der Waals surface area (Å²) in [4.78, 5) is 11.9. The number of aliphatic hydroxyl groups excluding tert-OH is 4. The Balaban J connectivity index is 0.00000204. The van der Waals surface area contributed by atoms with Crippen LogP contribution in [0.25, 0.3) is 0 Å². The molecule has 0 heterocycles. The standard InChI is InChI=1S/C26H44O6.Na.H/c1-15(4-7-23(31)32-11-10-27)18-5-6-19-24-20(14-22(30)26(18,19)3)25(2)9-8-17(28)12-16(25)13-21(24)29;;/h15-22,24,27-30H,4-14H2,1-3H3;;/q;+1;-1/t15-,16+,17-,18-,19+,20+,21-,22+,24+,25+,26-;;/m1../s1. The van der Waals surface area contributed by atoms with Crippen molar-refractivity contribution in [3.8, 4) is 0 Å². The molecule has 0 aliphatic heterocycles. The molecule has 0 amide bonds. The normalized spacial score (nSPS) is 47.5. The number of fused-ring (bicyclic) bond motifs is 5. The van der Waals surface area contributed by atoms with Crippen molar-refractivity contribution >= 4 is 5.97 Å². The topological polar surface area (TPSA) is 107 Å². The summed E-state index contributed by atoms with van der Waals surface area (Å²) in [5.74, 6) is 1.48. The van der Waals surface area contributed by atoms with E-state index < -0.39 is 6.10 Å². The van der Waals surface area contributed by atoms with Gasteiger partial charge in [-0.2, -0.15) is 0 Å². The molecule has 0 aromatic carbocycles. The Morgan fingerprint density at radius 2 is 1.82 bits per heavy atom. The minimum absolute atomic E-state index is 0. The van der Waals surface area contributed by atoms with Gasteiger partial charge >= 0.3 is 35.5 Å². The average Bonchev–Trinajstić information content (AvgIpc) is 3.11. The van der Waals surface area contributed by atoms with Crippen LogP contribution in [-0.4, -0.2) is 57.9 Å². The molecular formula is C26H45NaO6. The van der Waals surface area contributed by atoms with E-state index in [0.717, 1.165) is 51.4 Å². The molecule has 4 saturated carbocycles. The van der Waals surface area contributed by atoms with E-state index in [1.165, 1.54) is 0 Å². The van der Waals surface area contributed by atoms with Gasteiger partial charge in [-0.1, -0.05) is 20.8 Å². The quantitative estimate of drug-likeness (QED) is 0.318. The van der Waals surface area contributed by atoms with Gasteiger partial charge < -0.3 is 26.6 Å². The molecule has 0 aromatic heterocycles.